The Morgan fingerprint density at radius 1 is 1.17 bits per heavy atom. The van der Waals surface area contributed by atoms with Gasteiger partial charge in [0.25, 0.3) is 0 Å². The molecule has 0 bridgehead atoms. The van der Waals surface area contributed by atoms with Crippen molar-refractivity contribution < 1.29 is 14.3 Å². The molecule has 5 nitrogen and oxygen atoms in total. The van der Waals surface area contributed by atoms with Gasteiger partial charge in [-0.05, 0) is 43.4 Å². The number of carbonyl (C=O) groups is 1. The van der Waals surface area contributed by atoms with E-state index >= 15 is 0 Å². The maximum absolute atomic E-state index is 12.7. The van der Waals surface area contributed by atoms with E-state index < -0.39 is 0 Å². The summed E-state index contributed by atoms with van der Waals surface area (Å²) in [7, 11) is 5.12. The second kappa shape index (κ2) is 6.44. The Labute approximate surface area is 136 Å². The van der Waals surface area contributed by atoms with Gasteiger partial charge in [0, 0.05) is 24.7 Å². The molecule has 0 saturated heterocycles. The van der Waals surface area contributed by atoms with Crippen molar-refractivity contribution in [2.24, 2.45) is 7.05 Å². The highest BCUT2D eigenvalue weighted by atomic mass is 16.5. The third-order valence-corrected chi connectivity index (χ3v) is 4.44. The monoisotopic (exact) mass is 314 g/mol. The fraction of sp³-hybridized carbons (Fsp3) is 0.444. The highest BCUT2D eigenvalue weighted by molar-refractivity contribution is 5.97. The molecule has 2 aromatic rings. The Morgan fingerprint density at radius 2 is 1.91 bits per heavy atom. The van der Waals surface area contributed by atoms with Crippen LogP contribution in [0.3, 0.4) is 0 Å². The second-order valence-corrected chi connectivity index (χ2v) is 5.89. The summed E-state index contributed by atoms with van der Waals surface area (Å²) < 4.78 is 12.4. The quantitative estimate of drug-likeness (QED) is 0.796. The van der Waals surface area contributed by atoms with E-state index in [1.54, 1.807) is 14.2 Å². The molecule has 23 heavy (non-hydrogen) atoms. The fourth-order valence-corrected chi connectivity index (χ4v) is 3.26. The zero-order valence-corrected chi connectivity index (χ0v) is 13.9. The lowest BCUT2D eigenvalue weighted by Crippen LogP contribution is -2.10. The molecule has 0 spiro atoms. The van der Waals surface area contributed by atoms with Crippen LogP contribution in [-0.4, -0.2) is 29.8 Å². The van der Waals surface area contributed by atoms with Crippen molar-refractivity contribution in [2.75, 3.05) is 14.2 Å². The summed E-state index contributed by atoms with van der Waals surface area (Å²) >= 11 is 0. The van der Waals surface area contributed by atoms with Crippen molar-refractivity contribution in [1.82, 2.24) is 9.78 Å². The summed E-state index contributed by atoms with van der Waals surface area (Å²) in [5.41, 5.74) is 3.90. The lowest BCUT2D eigenvalue weighted by molar-refractivity contribution is 0.0986. The molecule has 1 aliphatic carbocycles. The molecular weight excluding hydrogens is 292 g/mol. The molecule has 1 heterocycles. The molecule has 3 rings (SSSR count). The molecule has 0 unspecified atom stereocenters. The number of nitrogens with zero attached hydrogens (tertiary/aromatic N) is 2. The van der Waals surface area contributed by atoms with Crippen LogP contribution in [0.4, 0.5) is 0 Å². The van der Waals surface area contributed by atoms with E-state index in [4.69, 9.17) is 9.47 Å². The first-order chi connectivity index (χ1) is 11.1. The number of fused-ring (bicyclic) bond motifs is 1. The van der Waals surface area contributed by atoms with Gasteiger partial charge in [0.1, 0.15) is 5.69 Å². The van der Waals surface area contributed by atoms with Crippen LogP contribution < -0.4 is 9.47 Å². The van der Waals surface area contributed by atoms with E-state index in [0.29, 0.717) is 23.6 Å². The predicted octanol–water partition coefficient (Wildman–Crippen LogP) is 2.74. The highest BCUT2D eigenvalue weighted by Gasteiger charge is 2.23. The van der Waals surface area contributed by atoms with Gasteiger partial charge in [-0.3, -0.25) is 9.48 Å². The fourth-order valence-electron chi connectivity index (χ4n) is 3.26. The molecule has 5 heteroatoms. The minimum Gasteiger partial charge on any atom is -0.493 e. The Morgan fingerprint density at radius 3 is 2.65 bits per heavy atom. The van der Waals surface area contributed by atoms with E-state index in [0.717, 1.165) is 30.4 Å². The van der Waals surface area contributed by atoms with Gasteiger partial charge in [0.2, 0.25) is 0 Å². The Bertz CT molecular complexity index is 734. The zero-order chi connectivity index (χ0) is 16.4. The van der Waals surface area contributed by atoms with E-state index in [-0.39, 0.29) is 5.78 Å². The Balaban J connectivity index is 1.85. The molecule has 0 aliphatic heterocycles. The average molecular weight is 314 g/mol. The van der Waals surface area contributed by atoms with Crippen molar-refractivity contribution >= 4 is 5.78 Å². The lowest BCUT2D eigenvalue weighted by atomic mass is 9.93. The number of aromatic nitrogens is 2. The van der Waals surface area contributed by atoms with Gasteiger partial charge in [0.15, 0.2) is 17.3 Å². The van der Waals surface area contributed by atoms with Gasteiger partial charge in [0.05, 0.1) is 14.2 Å². The molecule has 0 radical (unpaired) electrons. The summed E-state index contributed by atoms with van der Waals surface area (Å²) in [6, 6.07) is 5.58. The van der Waals surface area contributed by atoms with Crippen LogP contribution in [0.15, 0.2) is 18.2 Å². The molecule has 0 N–H and O–H groups in total. The number of ether oxygens (including phenoxy) is 2. The van der Waals surface area contributed by atoms with E-state index in [1.165, 1.54) is 12.1 Å². The van der Waals surface area contributed by atoms with Crippen LogP contribution in [0.5, 0.6) is 11.5 Å². The molecule has 1 aromatic heterocycles. The molecule has 1 aliphatic rings. The largest absolute Gasteiger partial charge is 0.493 e. The third kappa shape index (κ3) is 2.96. The van der Waals surface area contributed by atoms with Crippen LogP contribution in [0.25, 0.3) is 0 Å². The van der Waals surface area contributed by atoms with Gasteiger partial charge >= 0.3 is 0 Å². The first-order valence-electron chi connectivity index (χ1n) is 7.93. The number of hydrogen-bond acceptors (Lipinski definition) is 4. The van der Waals surface area contributed by atoms with Gasteiger partial charge in [-0.15, -0.1) is 0 Å². The maximum Gasteiger partial charge on any atom is 0.187 e. The Hall–Kier alpha value is -2.30. The van der Waals surface area contributed by atoms with E-state index in [2.05, 4.69) is 5.10 Å². The number of aryl methyl sites for hydroxylation is 1. The first-order valence-corrected chi connectivity index (χ1v) is 7.93. The highest BCUT2D eigenvalue weighted by Crippen LogP contribution is 2.29. The van der Waals surface area contributed by atoms with Crippen LogP contribution in [0.2, 0.25) is 0 Å². The predicted molar refractivity (Wildman–Crippen MR) is 87.4 cm³/mol. The van der Waals surface area contributed by atoms with Gasteiger partial charge in [-0.1, -0.05) is 6.07 Å². The van der Waals surface area contributed by atoms with Crippen molar-refractivity contribution in [3.63, 3.8) is 0 Å². The van der Waals surface area contributed by atoms with E-state index in [1.807, 2.05) is 29.9 Å². The van der Waals surface area contributed by atoms with E-state index in [9.17, 15) is 4.79 Å². The van der Waals surface area contributed by atoms with Gasteiger partial charge in [-0.2, -0.15) is 5.10 Å². The van der Waals surface area contributed by atoms with Gasteiger partial charge in [-0.25, -0.2) is 0 Å². The number of methoxy groups -OCH3 is 2. The number of hydrogen-bond donors (Lipinski definition) is 0. The Kier molecular flexibility index (Phi) is 4.37. The maximum atomic E-state index is 12.7. The van der Waals surface area contributed by atoms with Crippen LogP contribution in [0, 0.1) is 0 Å². The average Bonchev–Trinajstić information content (AvgIpc) is 2.92. The minimum atomic E-state index is 0.0657. The topological polar surface area (TPSA) is 53.3 Å². The van der Waals surface area contributed by atoms with Crippen molar-refractivity contribution in [3.8, 4) is 11.5 Å². The number of Topliss-reactive ketones (excluding diaryl/α,β-unsaturated/α-hetero) is 1. The standard InChI is InChI=1S/C18H22N2O3/c1-20-14-7-5-4-6-13(14)18(19-20)15(21)10-12-8-9-16(22-2)17(11-12)23-3/h8-9,11H,4-7,10H2,1-3H3. The second-order valence-electron chi connectivity index (χ2n) is 5.89. The summed E-state index contributed by atoms with van der Waals surface area (Å²) in [5.74, 6) is 1.37. The third-order valence-electron chi connectivity index (χ3n) is 4.44. The number of benzene rings is 1. The summed E-state index contributed by atoms with van der Waals surface area (Å²) in [6.45, 7) is 0. The van der Waals surface area contributed by atoms with Crippen molar-refractivity contribution in [2.45, 2.75) is 32.1 Å². The SMILES string of the molecule is COc1ccc(CC(=O)c2nn(C)c3c2CCCC3)cc1OC. The first kappa shape index (κ1) is 15.6. The molecule has 122 valence electrons. The van der Waals surface area contributed by atoms with Crippen molar-refractivity contribution in [1.29, 1.82) is 0 Å². The van der Waals surface area contributed by atoms with Crippen molar-refractivity contribution in [3.05, 3.63) is 40.7 Å². The molecule has 0 saturated carbocycles. The van der Waals surface area contributed by atoms with Crippen LogP contribution in [0.1, 0.15) is 40.2 Å². The minimum absolute atomic E-state index is 0.0657. The smallest absolute Gasteiger partial charge is 0.187 e. The van der Waals surface area contributed by atoms with Gasteiger partial charge < -0.3 is 9.47 Å². The summed E-state index contributed by atoms with van der Waals surface area (Å²) in [4.78, 5) is 12.7. The molecule has 0 fully saturated rings. The molecular formula is C18H22N2O3. The van der Waals surface area contributed by atoms with Crippen LogP contribution in [-0.2, 0) is 26.3 Å². The number of ketones is 1. The normalized spacial score (nSPS) is 13.5. The molecule has 0 amide bonds. The number of carbonyl (C=O) groups excluding carboxylic acids is 1. The van der Waals surface area contributed by atoms with Crippen LogP contribution >= 0.6 is 0 Å². The molecule has 0 atom stereocenters. The zero-order valence-electron chi connectivity index (χ0n) is 13.9. The lowest BCUT2D eigenvalue weighted by Gasteiger charge is -2.12. The molecule has 1 aromatic carbocycles. The summed E-state index contributed by atoms with van der Waals surface area (Å²) in [5, 5.41) is 4.48. The summed E-state index contributed by atoms with van der Waals surface area (Å²) in [6.07, 6.45) is 4.60. The number of rotatable bonds is 5.